The predicted molar refractivity (Wildman–Crippen MR) is 97.6 cm³/mol. The van der Waals surface area contributed by atoms with Crippen molar-refractivity contribution in [3.63, 3.8) is 0 Å². The van der Waals surface area contributed by atoms with Crippen LogP contribution < -0.4 is 9.64 Å². The van der Waals surface area contributed by atoms with Crippen molar-refractivity contribution >= 4 is 50.7 Å². The average molecular weight is 342 g/mol. The number of carbonyl (C=O) groups excluding carboxylic acids is 1. The van der Waals surface area contributed by atoms with Gasteiger partial charge in [-0.2, -0.15) is 0 Å². The summed E-state index contributed by atoms with van der Waals surface area (Å²) in [5.41, 5.74) is 0.986. The van der Waals surface area contributed by atoms with Gasteiger partial charge in [0.25, 0.3) is 5.91 Å². The fourth-order valence-electron chi connectivity index (χ4n) is 2.94. The molecule has 1 saturated heterocycles. The van der Waals surface area contributed by atoms with Crippen LogP contribution in [-0.2, 0) is 4.79 Å². The van der Waals surface area contributed by atoms with Gasteiger partial charge in [-0.3, -0.25) is 9.69 Å². The van der Waals surface area contributed by atoms with Gasteiger partial charge in [-0.1, -0.05) is 42.5 Å². The Bertz CT molecular complexity index is 891. The van der Waals surface area contributed by atoms with E-state index in [1.54, 1.807) is 4.90 Å². The van der Waals surface area contributed by atoms with Crippen LogP contribution in [0.5, 0.6) is 5.75 Å². The highest BCUT2D eigenvalue weighted by Gasteiger charge is 2.38. The van der Waals surface area contributed by atoms with Gasteiger partial charge in [-0.15, -0.1) is 0 Å². The van der Waals surface area contributed by atoms with Crippen molar-refractivity contribution in [1.82, 2.24) is 4.90 Å². The van der Waals surface area contributed by atoms with E-state index in [9.17, 15) is 4.79 Å². The van der Waals surface area contributed by atoms with Crippen LogP contribution in [0.2, 0.25) is 0 Å². The van der Waals surface area contributed by atoms with Crippen LogP contribution in [-0.4, -0.2) is 28.7 Å². The molecule has 6 heteroatoms. The number of rotatable bonds is 1. The maximum atomic E-state index is 12.5. The molecule has 2 aromatic rings. The van der Waals surface area contributed by atoms with Gasteiger partial charge in [0.15, 0.2) is 5.75 Å². The first-order valence-corrected chi connectivity index (χ1v) is 8.55. The minimum Gasteiger partial charge on any atom is -0.437 e. The lowest BCUT2D eigenvalue weighted by Gasteiger charge is -2.14. The molecule has 2 aliphatic heterocycles. The van der Waals surface area contributed by atoms with E-state index < -0.39 is 0 Å². The third kappa shape index (κ3) is 2.05. The molecule has 0 saturated carbocycles. The van der Waals surface area contributed by atoms with Gasteiger partial charge in [0.2, 0.25) is 5.88 Å². The summed E-state index contributed by atoms with van der Waals surface area (Å²) in [4.78, 5) is 16.6. The van der Waals surface area contributed by atoms with Crippen LogP contribution in [0.3, 0.4) is 0 Å². The number of amides is 1. The van der Waals surface area contributed by atoms with E-state index in [4.69, 9.17) is 17.0 Å². The van der Waals surface area contributed by atoms with Crippen molar-refractivity contribution < 1.29 is 9.53 Å². The molecule has 23 heavy (non-hydrogen) atoms. The van der Waals surface area contributed by atoms with Gasteiger partial charge in [0.1, 0.15) is 9.23 Å². The fraction of sp³-hybridized carbons (Fsp3) is 0.176. The molecule has 4 nitrogen and oxygen atoms in total. The lowest BCUT2D eigenvalue weighted by molar-refractivity contribution is -0.122. The van der Waals surface area contributed by atoms with Crippen LogP contribution >= 0.6 is 24.0 Å². The summed E-state index contributed by atoms with van der Waals surface area (Å²) in [7, 11) is 1.92. The van der Waals surface area contributed by atoms with Crippen molar-refractivity contribution in [1.29, 1.82) is 0 Å². The number of anilines is 1. The zero-order valence-electron chi connectivity index (χ0n) is 12.7. The summed E-state index contributed by atoms with van der Waals surface area (Å²) >= 11 is 6.60. The van der Waals surface area contributed by atoms with Gasteiger partial charge in [0.05, 0.1) is 5.69 Å². The van der Waals surface area contributed by atoms with Gasteiger partial charge in [-0.05, 0) is 30.1 Å². The third-order valence-corrected chi connectivity index (χ3v) is 5.49. The van der Waals surface area contributed by atoms with Gasteiger partial charge in [0, 0.05) is 19.0 Å². The highest BCUT2D eigenvalue weighted by Crippen LogP contribution is 2.46. The molecule has 0 aromatic heterocycles. The number of hydrogen-bond acceptors (Lipinski definition) is 5. The van der Waals surface area contributed by atoms with Crippen molar-refractivity contribution in [2.75, 3.05) is 18.5 Å². The zero-order chi connectivity index (χ0) is 16.1. The molecule has 0 atom stereocenters. The Morgan fingerprint density at radius 2 is 2.00 bits per heavy atom. The molecule has 0 N–H and O–H groups in total. The number of likely N-dealkylation sites (N-methyl/N-ethyl adjacent to an activating group) is 1. The minimum absolute atomic E-state index is 0.0820. The average Bonchev–Trinajstić information content (AvgIpc) is 3.04. The smallest absolute Gasteiger partial charge is 0.271 e. The molecule has 0 bridgehead atoms. The normalized spacial score (nSPS) is 20.4. The Kier molecular flexibility index (Phi) is 3.32. The number of thioether (sulfide) groups is 1. The molecule has 4 rings (SSSR count). The van der Waals surface area contributed by atoms with Crippen molar-refractivity contribution in [3.8, 4) is 5.75 Å². The fourth-order valence-corrected chi connectivity index (χ4v) is 4.36. The summed E-state index contributed by atoms with van der Waals surface area (Å²) in [6.07, 6.45) is 0. The number of thiocarbonyl (C=S) groups is 1. The summed E-state index contributed by atoms with van der Waals surface area (Å²) in [5, 5.41) is 2.25. The van der Waals surface area contributed by atoms with Crippen LogP contribution in [0.4, 0.5) is 5.69 Å². The topological polar surface area (TPSA) is 32.8 Å². The monoisotopic (exact) mass is 342 g/mol. The van der Waals surface area contributed by atoms with Gasteiger partial charge >= 0.3 is 0 Å². The Balaban J connectivity index is 1.86. The second-order valence-electron chi connectivity index (χ2n) is 5.35. The van der Waals surface area contributed by atoms with Crippen molar-refractivity contribution in [2.45, 2.75) is 6.92 Å². The Hall–Kier alpha value is -2.05. The number of fused-ring (bicyclic) bond motifs is 3. The lowest BCUT2D eigenvalue weighted by Crippen LogP contribution is -2.28. The van der Waals surface area contributed by atoms with Crippen LogP contribution in [0.1, 0.15) is 6.92 Å². The number of nitrogens with zero attached hydrogens (tertiary/aromatic N) is 2. The Morgan fingerprint density at radius 3 is 2.74 bits per heavy atom. The van der Waals surface area contributed by atoms with E-state index in [0.29, 0.717) is 21.7 Å². The molecule has 1 amide bonds. The summed E-state index contributed by atoms with van der Waals surface area (Å²) in [6.45, 7) is 2.49. The van der Waals surface area contributed by atoms with Crippen LogP contribution in [0.25, 0.3) is 10.8 Å². The predicted octanol–water partition coefficient (Wildman–Crippen LogP) is 3.72. The summed E-state index contributed by atoms with van der Waals surface area (Å²) in [6, 6.07) is 12.1. The number of benzene rings is 2. The van der Waals surface area contributed by atoms with Gasteiger partial charge in [-0.25, -0.2) is 0 Å². The van der Waals surface area contributed by atoms with E-state index in [0.717, 1.165) is 22.2 Å². The molecule has 2 aromatic carbocycles. The van der Waals surface area contributed by atoms with E-state index in [2.05, 4.69) is 12.1 Å². The summed E-state index contributed by atoms with van der Waals surface area (Å²) in [5.74, 6) is 1.24. The van der Waals surface area contributed by atoms with E-state index >= 15 is 0 Å². The zero-order valence-corrected chi connectivity index (χ0v) is 14.3. The lowest BCUT2D eigenvalue weighted by atomic mass is 10.1. The SMILES string of the molecule is CCN1C(=O)C(=C2Oc3ccc4ccccc4c3N2C)SC1=S. The van der Waals surface area contributed by atoms with E-state index in [-0.39, 0.29) is 5.91 Å². The standard InChI is InChI=1S/C17H14N2O2S2/c1-3-19-15(20)14(23-17(19)22)16-18(2)13-11-7-5-4-6-10(11)8-9-12(13)21-16/h4-9H,3H2,1-2H3. The molecule has 1 fully saturated rings. The first kappa shape index (κ1) is 14.5. The van der Waals surface area contributed by atoms with Crippen LogP contribution in [0, 0.1) is 0 Å². The van der Waals surface area contributed by atoms with Crippen LogP contribution in [0.15, 0.2) is 47.2 Å². The molecule has 2 heterocycles. The second-order valence-corrected chi connectivity index (χ2v) is 6.99. The number of hydrogen-bond donors (Lipinski definition) is 0. The maximum Gasteiger partial charge on any atom is 0.271 e. The molecule has 0 aliphatic carbocycles. The maximum absolute atomic E-state index is 12.5. The first-order valence-electron chi connectivity index (χ1n) is 7.33. The Morgan fingerprint density at radius 1 is 1.22 bits per heavy atom. The van der Waals surface area contributed by atoms with Gasteiger partial charge < -0.3 is 9.64 Å². The Labute approximate surface area is 143 Å². The summed E-state index contributed by atoms with van der Waals surface area (Å²) < 4.78 is 6.58. The molecule has 116 valence electrons. The quantitative estimate of drug-likeness (QED) is 0.583. The number of ether oxygens (including phenoxy) is 1. The molecular weight excluding hydrogens is 328 g/mol. The molecule has 0 radical (unpaired) electrons. The third-order valence-electron chi connectivity index (χ3n) is 4.07. The first-order chi connectivity index (χ1) is 11.1. The molecule has 0 spiro atoms. The number of carbonyl (C=O) groups is 1. The minimum atomic E-state index is -0.0820. The highest BCUT2D eigenvalue weighted by molar-refractivity contribution is 8.26. The van der Waals surface area contributed by atoms with E-state index in [1.165, 1.54) is 11.8 Å². The molecule has 2 aliphatic rings. The van der Waals surface area contributed by atoms with E-state index in [1.807, 2.05) is 43.1 Å². The second kappa shape index (κ2) is 5.25. The highest BCUT2D eigenvalue weighted by atomic mass is 32.2. The van der Waals surface area contributed by atoms with Crippen molar-refractivity contribution in [3.05, 3.63) is 47.2 Å². The largest absolute Gasteiger partial charge is 0.437 e. The molecular formula is C17H14N2O2S2. The van der Waals surface area contributed by atoms with Crippen molar-refractivity contribution in [2.24, 2.45) is 0 Å². The molecule has 0 unspecified atom stereocenters.